The van der Waals surface area contributed by atoms with Gasteiger partial charge in [-0.05, 0) is 73.7 Å². The van der Waals surface area contributed by atoms with Crippen molar-refractivity contribution < 1.29 is 14.3 Å². The van der Waals surface area contributed by atoms with Crippen LogP contribution in [0, 0.1) is 5.92 Å². The number of carbonyl (C=O) groups is 2. The van der Waals surface area contributed by atoms with Crippen LogP contribution in [0.25, 0.3) is 0 Å². The number of thiophene rings is 1. The van der Waals surface area contributed by atoms with Crippen molar-refractivity contribution in [1.82, 2.24) is 5.32 Å². The highest BCUT2D eigenvalue weighted by Crippen LogP contribution is 2.30. The van der Waals surface area contributed by atoms with Crippen molar-refractivity contribution in [2.75, 3.05) is 43.1 Å². The van der Waals surface area contributed by atoms with E-state index in [9.17, 15) is 9.59 Å². The molecule has 4 rings (SSSR count). The Morgan fingerprint density at radius 1 is 1.05 bits per heavy atom. The van der Waals surface area contributed by atoms with Gasteiger partial charge in [-0.1, -0.05) is 36.4 Å². The Labute approximate surface area is 224 Å². The predicted molar refractivity (Wildman–Crippen MR) is 152 cm³/mol. The van der Waals surface area contributed by atoms with Gasteiger partial charge in [-0.25, -0.2) is 0 Å². The van der Waals surface area contributed by atoms with Gasteiger partial charge in [0.1, 0.15) is 0 Å². The number of nitrogens with one attached hydrogen (secondary N) is 2. The van der Waals surface area contributed by atoms with Crippen LogP contribution in [0.5, 0.6) is 0 Å². The zero-order valence-electron chi connectivity index (χ0n) is 21.6. The molecule has 0 spiro atoms. The van der Waals surface area contributed by atoms with Crippen LogP contribution in [0.1, 0.15) is 47.0 Å². The van der Waals surface area contributed by atoms with E-state index < -0.39 is 0 Å². The summed E-state index contributed by atoms with van der Waals surface area (Å²) in [6.07, 6.45) is 4.36. The van der Waals surface area contributed by atoms with Gasteiger partial charge in [0.15, 0.2) is 0 Å². The smallest absolute Gasteiger partial charge is 0.253 e. The highest BCUT2D eigenvalue weighted by molar-refractivity contribution is 7.10. The Bertz CT molecular complexity index is 1130. The lowest BCUT2D eigenvalue weighted by Crippen LogP contribution is -2.36. The molecule has 1 fully saturated rings. The van der Waals surface area contributed by atoms with Crippen molar-refractivity contribution in [1.29, 1.82) is 0 Å². The van der Waals surface area contributed by atoms with Crippen molar-refractivity contribution in [2.24, 2.45) is 5.92 Å². The van der Waals surface area contributed by atoms with Crippen molar-refractivity contribution in [3.05, 3.63) is 82.0 Å². The quantitative estimate of drug-likeness (QED) is 0.308. The molecule has 196 valence electrons. The zero-order chi connectivity index (χ0) is 25.9. The van der Waals surface area contributed by atoms with Crippen LogP contribution < -0.4 is 15.5 Å². The van der Waals surface area contributed by atoms with Crippen molar-refractivity contribution >= 4 is 34.5 Å². The van der Waals surface area contributed by atoms with E-state index in [-0.39, 0.29) is 11.8 Å². The summed E-state index contributed by atoms with van der Waals surface area (Å²) < 4.78 is 5.39. The number of benzene rings is 2. The third-order valence-electron chi connectivity index (χ3n) is 6.72. The first-order valence-electron chi connectivity index (χ1n) is 13.2. The van der Waals surface area contributed by atoms with E-state index in [0.717, 1.165) is 49.3 Å². The van der Waals surface area contributed by atoms with Crippen molar-refractivity contribution in [3.8, 4) is 0 Å². The maximum absolute atomic E-state index is 13.3. The van der Waals surface area contributed by atoms with E-state index >= 15 is 0 Å². The lowest BCUT2D eigenvalue weighted by Gasteiger charge is -2.35. The van der Waals surface area contributed by atoms with Crippen LogP contribution in [0.2, 0.25) is 0 Å². The second-order valence-corrected chi connectivity index (χ2v) is 10.5. The predicted octanol–water partition coefficient (Wildman–Crippen LogP) is 5.54. The fourth-order valence-corrected chi connectivity index (χ4v) is 5.49. The van der Waals surface area contributed by atoms with E-state index in [1.165, 1.54) is 5.56 Å². The minimum Gasteiger partial charge on any atom is -0.382 e. The molecule has 0 bridgehead atoms. The number of hydrogen-bond acceptors (Lipinski definition) is 5. The Kier molecular flexibility index (Phi) is 10.1. The average molecular weight is 520 g/mol. The minimum atomic E-state index is -0.118. The number of rotatable bonds is 12. The molecule has 1 aliphatic rings. The molecule has 6 nitrogen and oxygen atoms in total. The number of nitrogens with zero attached hydrogens (tertiary/aromatic N) is 1. The van der Waals surface area contributed by atoms with Crippen LogP contribution in [0.3, 0.4) is 0 Å². The Hall–Kier alpha value is -3.16. The average Bonchev–Trinajstić information content (AvgIpc) is 3.42. The van der Waals surface area contributed by atoms with Gasteiger partial charge in [-0.2, -0.15) is 0 Å². The van der Waals surface area contributed by atoms with E-state index in [2.05, 4.69) is 45.9 Å². The number of anilines is 2. The van der Waals surface area contributed by atoms with Crippen molar-refractivity contribution in [3.63, 3.8) is 0 Å². The SMILES string of the molecule is CCOCCCNC(=O)c1cc(NC(=O)Cc2cccs2)ccc1N1CCC(Cc2ccccc2)CC1. The number of ether oxygens (including phenoxy) is 1. The molecule has 2 aromatic carbocycles. The lowest BCUT2D eigenvalue weighted by molar-refractivity contribution is -0.115. The number of piperidine rings is 1. The summed E-state index contributed by atoms with van der Waals surface area (Å²) in [5.41, 5.74) is 3.56. The minimum absolute atomic E-state index is 0.0833. The molecule has 2 amide bonds. The second-order valence-electron chi connectivity index (χ2n) is 9.46. The molecule has 37 heavy (non-hydrogen) atoms. The number of carbonyl (C=O) groups excluding carboxylic acids is 2. The summed E-state index contributed by atoms with van der Waals surface area (Å²) >= 11 is 1.56. The topological polar surface area (TPSA) is 70.7 Å². The first-order chi connectivity index (χ1) is 18.1. The fourth-order valence-electron chi connectivity index (χ4n) is 4.79. The number of amides is 2. The molecule has 7 heteroatoms. The highest BCUT2D eigenvalue weighted by Gasteiger charge is 2.24. The normalized spacial score (nSPS) is 13.9. The number of hydrogen-bond donors (Lipinski definition) is 2. The van der Waals surface area contributed by atoms with Gasteiger partial charge < -0.3 is 20.3 Å². The Morgan fingerprint density at radius 3 is 2.59 bits per heavy atom. The van der Waals surface area contributed by atoms with Gasteiger partial charge in [0.05, 0.1) is 12.0 Å². The summed E-state index contributed by atoms with van der Waals surface area (Å²) in [6, 6.07) is 20.3. The van der Waals surface area contributed by atoms with Gasteiger partial charge in [0.25, 0.3) is 5.91 Å². The van der Waals surface area contributed by atoms with Crippen LogP contribution in [0.15, 0.2) is 66.0 Å². The molecule has 3 aromatic rings. The summed E-state index contributed by atoms with van der Waals surface area (Å²) in [7, 11) is 0. The van der Waals surface area contributed by atoms with Crippen LogP contribution >= 0.6 is 11.3 Å². The van der Waals surface area contributed by atoms with Crippen LogP contribution in [-0.2, 0) is 22.4 Å². The highest BCUT2D eigenvalue weighted by atomic mass is 32.1. The summed E-state index contributed by atoms with van der Waals surface area (Å²) in [5, 5.41) is 7.98. The molecule has 2 N–H and O–H groups in total. The molecular formula is C30H37N3O3S. The maximum atomic E-state index is 13.3. The molecule has 0 aliphatic carbocycles. The summed E-state index contributed by atoms with van der Waals surface area (Å²) in [6.45, 7) is 5.62. The van der Waals surface area contributed by atoms with Gasteiger partial charge in [-0.3, -0.25) is 9.59 Å². The molecule has 0 unspecified atom stereocenters. The molecule has 0 saturated carbocycles. The molecule has 2 heterocycles. The fraction of sp³-hybridized carbons (Fsp3) is 0.400. The largest absolute Gasteiger partial charge is 0.382 e. The van der Waals surface area contributed by atoms with E-state index in [4.69, 9.17) is 4.74 Å². The molecule has 0 atom stereocenters. The molecule has 0 radical (unpaired) electrons. The molecule has 1 aliphatic heterocycles. The standard InChI is InChI=1S/C30H37N3O3S/c1-2-36-18-7-15-31-30(35)27-21-25(32-29(34)22-26-10-6-19-37-26)11-12-28(27)33-16-13-24(14-17-33)20-23-8-4-3-5-9-23/h3-6,8-12,19,21,24H,2,7,13-18,20,22H2,1H3,(H,31,35)(H,32,34). The second kappa shape index (κ2) is 14.0. The van der Waals surface area contributed by atoms with E-state index in [0.29, 0.717) is 43.3 Å². The molecular weight excluding hydrogens is 482 g/mol. The Morgan fingerprint density at radius 2 is 1.86 bits per heavy atom. The first kappa shape index (κ1) is 26.9. The lowest BCUT2D eigenvalue weighted by atomic mass is 9.89. The van der Waals surface area contributed by atoms with Gasteiger partial charge in [0, 0.05) is 49.1 Å². The van der Waals surface area contributed by atoms with Crippen LogP contribution in [0.4, 0.5) is 11.4 Å². The maximum Gasteiger partial charge on any atom is 0.253 e. The van der Waals surface area contributed by atoms with Gasteiger partial charge >= 0.3 is 0 Å². The van der Waals surface area contributed by atoms with E-state index in [1.807, 2.05) is 42.6 Å². The van der Waals surface area contributed by atoms with Gasteiger partial charge in [-0.15, -0.1) is 11.3 Å². The summed E-state index contributed by atoms with van der Waals surface area (Å²) in [4.78, 5) is 29.2. The first-order valence-corrected chi connectivity index (χ1v) is 14.1. The zero-order valence-corrected chi connectivity index (χ0v) is 22.4. The third-order valence-corrected chi connectivity index (χ3v) is 7.59. The Balaban J connectivity index is 1.43. The third kappa shape index (κ3) is 8.17. The van der Waals surface area contributed by atoms with E-state index in [1.54, 1.807) is 11.3 Å². The van der Waals surface area contributed by atoms with Crippen LogP contribution in [-0.4, -0.2) is 44.7 Å². The molecule has 1 aromatic heterocycles. The molecule has 1 saturated heterocycles. The van der Waals surface area contributed by atoms with Gasteiger partial charge in [0.2, 0.25) is 5.91 Å². The summed E-state index contributed by atoms with van der Waals surface area (Å²) in [5.74, 6) is 0.442. The van der Waals surface area contributed by atoms with Crippen molar-refractivity contribution in [2.45, 2.75) is 39.0 Å². The monoisotopic (exact) mass is 519 g/mol.